The highest BCUT2D eigenvalue weighted by molar-refractivity contribution is 6.12. The van der Waals surface area contributed by atoms with Crippen molar-refractivity contribution >= 4 is 32.7 Å². The lowest BCUT2D eigenvalue weighted by Gasteiger charge is -2.12. The molecule has 0 amide bonds. The Bertz CT molecular complexity index is 3670. The van der Waals surface area contributed by atoms with Crippen LogP contribution in [0.25, 0.3) is 89.1 Å². The summed E-state index contributed by atoms with van der Waals surface area (Å²) < 4.78 is 177. The number of furan rings is 1. The first-order chi connectivity index (χ1) is 31.6. The van der Waals surface area contributed by atoms with Crippen LogP contribution >= 0.6 is 0 Å². The lowest BCUT2D eigenvalue weighted by atomic mass is 9.98. The average Bonchev–Trinajstić information content (AvgIpc) is 3.71. The fourth-order valence-electron chi connectivity index (χ4n) is 5.27. The first-order valence-corrected chi connectivity index (χ1v) is 14.1. The molecular weight excluding hydrogens is 574 g/mol. The molecule has 0 unspecified atom stereocenters. The van der Waals surface area contributed by atoms with Crippen LogP contribution in [-0.2, 0) is 0 Å². The van der Waals surface area contributed by atoms with E-state index in [-0.39, 0.29) is 55.6 Å². The van der Waals surface area contributed by atoms with Crippen LogP contribution < -0.4 is 0 Å². The first-order valence-electron chi connectivity index (χ1n) is 24.1. The monoisotopic (exact) mass is 621 g/mol. The fraction of sp³-hybridized carbons (Fsp3) is 0. The van der Waals surface area contributed by atoms with Crippen molar-refractivity contribution in [2.24, 2.45) is 0 Å². The van der Waals surface area contributed by atoms with E-state index in [1.54, 1.807) is 30.3 Å². The standard InChI is InChI=1S/C43H27N3O/c1-3-11-28(12-4-1)32-25-26-34-33(27-32)15-9-18-36(34)43-45-41(30-13-5-2-6-14-30)44-42(46-43)31-23-21-29(22-24-31)35-17-10-20-39-40(35)37-16-7-8-19-38(37)47-39/h1-27H/i1D,2D,3D,4D,5D,6D,7D,8D,10D,11D,12D,13D,14D,16D,17D,19D,20D,21D,23D,24D. The molecule has 4 nitrogen and oxygen atoms in total. The molecule has 9 rings (SSSR count). The highest BCUT2D eigenvalue weighted by Gasteiger charge is 2.16. The summed E-state index contributed by atoms with van der Waals surface area (Å²) in [6, 6.07) is -1.80. The predicted molar refractivity (Wildman–Crippen MR) is 192 cm³/mol. The SMILES string of the molecule is [2H]c1cc(-c2c([2H])c([2H])c([2H])c3oc4c([2H])c([2H])c([2H])c([2H])c4c23)c([2H])c([2H])c1-c1nc(-c2c([2H])c([2H])c([2H])c([2H])c2[2H])nc(-c2cccc3cc(-c4c([2H])c([2H])c([2H])c([2H])c4[2H])ccc23)n1. The third-order valence-corrected chi connectivity index (χ3v) is 7.39. The van der Waals surface area contributed by atoms with Gasteiger partial charge in [-0.05, 0) is 51.2 Å². The molecule has 0 atom stereocenters. The summed E-state index contributed by atoms with van der Waals surface area (Å²) in [5, 5.41) is 0.429. The van der Waals surface area contributed by atoms with Crippen LogP contribution in [0, 0.1) is 0 Å². The Kier molecular flexibility index (Phi) is 3.23. The third kappa shape index (κ3) is 4.84. The summed E-state index contributed by atoms with van der Waals surface area (Å²) in [5.74, 6) is -1.13. The number of hydrogen-bond acceptors (Lipinski definition) is 4. The quantitative estimate of drug-likeness (QED) is 0.192. The third-order valence-electron chi connectivity index (χ3n) is 7.39. The van der Waals surface area contributed by atoms with Crippen LogP contribution in [0.5, 0.6) is 0 Å². The summed E-state index contributed by atoms with van der Waals surface area (Å²) in [5.41, 5.74) is -1.81. The molecule has 220 valence electrons. The molecule has 0 radical (unpaired) electrons. The molecule has 0 saturated heterocycles. The number of hydrogen-bond donors (Lipinski definition) is 0. The maximum atomic E-state index is 9.32. The molecule has 0 fully saturated rings. The van der Waals surface area contributed by atoms with Crippen molar-refractivity contribution in [3.05, 3.63) is 163 Å². The second-order valence-electron chi connectivity index (χ2n) is 10.1. The Morgan fingerprint density at radius 2 is 1.11 bits per heavy atom. The van der Waals surface area contributed by atoms with E-state index in [9.17, 15) is 4.11 Å². The van der Waals surface area contributed by atoms with Gasteiger partial charge in [0.1, 0.15) is 11.2 Å². The zero-order chi connectivity index (χ0) is 48.6. The van der Waals surface area contributed by atoms with E-state index in [1.165, 1.54) is 6.07 Å². The van der Waals surface area contributed by atoms with Crippen molar-refractivity contribution in [3.63, 3.8) is 0 Å². The van der Waals surface area contributed by atoms with Crippen molar-refractivity contribution in [3.8, 4) is 56.4 Å². The maximum absolute atomic E-state index is 9.32. The van der Waals surface area contributed by atoms with Crippen molar-refractivity contribution < 1.29 is 31.8 Å². The lowest BCUT2D eigenvalue weighted by molar-refractivity contribution is 0.669. The highest BCUT2D eigenvalue weighted by atomic mass is 16.3. The number of rotatable bonds is 5. The minimum atomic E-state index is -0.725. The highest BCUT2D eigenvalue weighted by Crippen LogP contribution is 2.37. The number of nitrogens with zero attached hydrogens (tertiary/aromatic N) is 3. The molecule has 0 saturated carbocycles. The van der Waals surface area contributed by atoms with Crippen molar-refractivity contribution in [2.45, 2.75) is 0 Å². The first kappa shape index (κ1) is 13.5. The molecule has 0 aliphatic carbocycles. The molecule has 2 heterocycles. The summed E-state index contributed by atoms with van der Waals surface area (Å²) in [4.78, 5) is 13.6. The van der Waals surface area contributed by atoms with Gasteiger partial charge in [-0.15, -0.1) is 0 Å². The largest absolute Gasteiger partial charge is 0.456 e. The van der Waals surface area contributed by atoms with Crippen LogP contribution in [0.15, 0.2) is 168 Å². The number of para-hydroxylation sites is 1. The summed E-state index contributed by atoms with van der Waals surface area (Å²) in [6.45, 7) is 0. The average molecular weight is 622 g/mol. The van der Waals surface area contributed by atoms with Gasteiger partial charge < -0.3 is 4.42 Å². The van der Waals surface area contributed by atoms with Crippen molar-refractivity contribution in [1.29, 1.82) is 0 Å². The van der Waals surface area contributed by atoms with Gasteiger partial charge in [-0.1, -0.05) is 145 Å². The smallest absolute Gasteiger partial charge is 0.164 e. The van der Waals surface area contributed by atoms with Gasteiger partial charge in [-0.25, -0.2) is 15.0 Å². The summed E-state index contributed by atoms with van der Waals surface area (Å²) in [6.07, 6.45) is 0. The minimum absolute atomic E-state index is 0.0527. The molecule has 4 heteroatoms. The number of benzene rings is 7. The molecule has 9 aromatic rings. The van der Waals surface area contributed by atoms with Gasteiger partial charge in [0.05, 0.1) is 27.4 Å². The van der Waals surface area contributed by atoms with E-state index in [0.717, 1.165) is 6.07 Å². The topological polar surface area (TPSA) is 51.8 Å². The zero-order valence-electron chi connectivity index (χ0n) is 43.8. The molecule has 0 spiro atoms. The van der Waals surface area contributed by atoms with Gasteiger partial charge in [0, 0.05) is 27.5 Å². The van der Waals surface area contributed by atoms with Crippen LogP contribution in [0.4, 0.5) is 0 Å². The van der Waals surface area contributed by atoms with E-state index < -0.39 is 144 Å². The minimum Gasteiger partial charge on any atom is -0.456 e. The zero-order valence-corrected chi connectivity index (χ0v) is 23.8. The number of fused-ring (bicyclic) bond motifs is 4. The second-order valence-corrected chi connectivity index (χ2v) is 10.1. The van der Waals surface area contributed by atoms with Gasteiger partial charge >= 0.3 is 0 Å². The van der Waals surface area contributed by atoms with Crippen LogP contribution in [0.1, 0.15) is 27.4 Å². The molecule has 7 aromatic carbocycles. The van der Waals surface area contributed by atoms with Crippen molar-refractivity contribution in [1.82, 2.24) is 15.0 Å². The van der Waals surface area contributed by atoms with Gasteiger partial charge in [-0.3, -0.25) is 0 Å². The molecule has 0 aliphatic rings. The fourth-order valence-corrected chi connectivity index (χ4v) is 5.27. The molecule has 0 bridgehead atoms. The summed E-state index contributed by atoms with van der Waals surface area (Å²) >= 11 is 0. The van der Waals surface area contributed by atoms with Crippen LogP contribution in [-0.4, -0.2) is 15.0 Å². The van der Waals surface area contributed by atoms with E-state index in [0.29, 0.717) is 10.8 Å². The Balaban J connectivity index is 1.31. The molecule has 0 N–H and O–H groups in total. The van der Waals surface area contributed by atoms with E-state index >= 15 is 0 Å². The van der Waals surface area contributed by atoms with Crippen LogP contribution in [0.2, 0.25) is 0 Å². The lowest BCUT2D eigenvalue weighted by Crippen LogP contribution is -2.00. The van der Waals surface area contributed by atoms with Gasteiger partial charge in [0.2, 0.25) is 0 Å². The summed E-state index contributed by atoms with van der Waals surface area (Å²) in [7, 11) is 0. The Hall–Kier alpha value is -6.39. The van der Waals surface area contributed by atoms with Crippen LogP contribution in [0.3, 0.4) is 0 Å². The molecule has 2 aromatic heterocycles. The predicted octanol–water partition coefficient (Wildman–Crippen LogP) is 11.3. The Morgan fingerprint density at radius 3 is 1.94 bits per heavy atom. The number of aromatic nitrogens is 3. The molecule has 47 heavy (non-hydrogen) atoms. The second kappa shape index (κ2) is 11.2. The van der Waals surface area contributed by atoms with E-state index in [1.807, 2.05) is 0 Å². The van der Waals surface area contributed by atoms with E-state index in [4.69, 9.17) is 27.7 Å². The Labute approximate surface area is 299 Å². The van der Waals surface area contributed by atoms with Gasteiger partial charge in [0.15, 0.2) is 17.5 Å². The van der Waals surface area contributed by atoms with Gasteiger partial charge in [0.25, 0.3) is 0 Å². The normalized spacial score (nSPS) is 17.4. The van der Waals surface area contributed by atoms with Crippen molar-refractivity contribution in [2.75, 3.05) is 0 Å². The van der Waals surface area contributed by atoms with Gasteiger partial charge in [-0.2, -0.15) is 0 Å². The Morgan fingerprint density at radius 1 is 0.426 bits per heavy atom. The molecule has 0 aliphatic heterocycles. The maximum Gasteiger partial charge on any atom is 0.164 e. The van der Waals surface area contributed by atoms with E-state index in [2.05, 4.69) is 15.0 Å². The molecular formula is C43H27N3O.